The molecular formula is C22H18ClN3O3S2. The molecule has 0 spiro atoms. The first-order valence-corrected chi connectivity index (χ1v) is 11.9. The molecule has 9 heteroatoms. The largest absolute Gasteiger partial charge is 0.321 e. The van der Waals surface area contributed by atoms with Gasteiger partial charge in [0.15, 0.2) is 0 Å². The summed E-state index contributed by atoms with van der Waals surface area (Å²) >= 11 is 7.62. The third kappa shape index (κ3) is 4.20. The van der Waals surface area contributed by atoms with Crippen LogP contribution in [0.2, 0.25) is 5.02 Å². The van der Waals surface area contributed by atoms with Crippen LogP contribution in [0.5, 0.6) is 0 Å². The number of benzene rings is 3. The Bertz CT molecular complexity index is 1370. The van der Waals surface area contributed by atoms with E-state index in [-0.39, 0.29) is 15.5 Å². The number of para-hydroxylation sites is 2. The molecule has 3 aromatic carbocycles. The minimum Gasteiger partial charge on any atom is -0.321 e. The molecule has 4 rings (SSSR count). The van der Waals surface area contributed by atoms with Crippen molar-refractivity contribution in [2.24, 2.45) is 0 Å². The van der Waals surface area contributed by atoms with Gasteiger partial charge < -0.3 is 5.32 Å². The van der Waals surface area contributed by atoms with Crippen LogP contribution < -0.4 is 5.32 Å². The number of halogens is 1. The van der Waals surface area contributed by atoms with Crippen molar-refractivity contribution in [1.29, 1.82) is 0 Å². The maximum atomic E-state index is 13.0. The number of thiazole rings is 1. The van der Waals surface area contributed by atoms with Gasteiger partial charge in [-0.05, 0) is 42.5 Å². The summed E-state index contributed by atoms with van der Waals surface area (Å²) < 4.78 is 27.1. The Labute approximate surface area is 189 Å². The Morgan fingerprint density at radius 3 is 2.48 bits per heavy atom. The fourth-order valence-electron chi connectivity index (χ4n) is 3.00. The molecule has 0 bridgehead atoms. The number of hydrogen-bond donors (Lipinski definition) is 1. The highest BCUT2D eigenvalue weighted by Crippen LogP contribution is 2.34. The van der Waals surface area contributed by atoms with Crippen molar-refractivity contribution in [3.05, 3.63) is 77.3 Å². The SMILES string of the molecule is CN(C)S(=O)(=O)c1cc(C(=O)Nc2ccccc2-c2nc3ccccc3s2)ccc1Cl. The van der Waals surface area contributed by atoms with Gasteiger partial charge in [0, 0.05) is 25.2 Å². The summed E-state index contributed by atoms with van der Waals surface area (Å²) in [6, 6.07) is 19.4. The zero-order valence-electron chi connectivity index (χ0n) is 16.7. The number of anilines is 1. The third-order valence-corrected chi connectivity index (χ3v) is 8.02. The van der Waals surface area contributed by atoms with Crippen molar-refractivity contribution >= 4 is 54.8 Å². The number of sulfonamides is 1. The molecule has 0 atom stereocenters. The molecule has 0 radical (unpaired) electrons. The summed E-state index contributed by atoms with van der Waals surface area (Å²) in [5.41, 5.74) is 2.44. The van der Waals surface area contributed by atoms with Gasteiger partial charge in [0.2, 0.25) is 10.0 Å². The molecule has 0 unspecified atom stereocenters. The molecular weight excluding hydrogens is 454 g/mol. The minimum atomic E-state index is -3.79. The molecule has 4 aromatic rings. The van der Waals surface area contributed by atoms with Gasteiger partial charge >= 0.3 is 0 Å². The van der Waals surface area contributed by atoms with Gasteiger partial charge in [-0.1, -0.05) is 35.9 Å². The average molecular weight is 472 g/mol. The van der Waals surface area contributed by atoms with E-state index in [0.717, 1.165) is 25.1 Å². The molecule has 6 nitrogen and oxygen atoms in total. The first kappa shape index (κ1) is 21.5. The monoisotopic (exact) mass is 471 g/mol. The number of fused-ring (bicyclic) bond motifs is 1. The smallest absolute Gasteiger partial charge is 0.255 e. The highest BCUT2D eigenvalue weighted by molar-refractivity contribution is 7.89. The third-order valence-electron chi connectivity index (χ3n) is 4.65. The van der Waals surface area contributed by atoms with Crippen LogP contribution in [0.4, 0.5) is 5.69 Å². The zero-order valence-corrected chi connectivity index (χ0v) is 19.1. The highest BCUT2D eigenvalue weighted by atomic mass is 35.5. The molecule has 0 fully saturated rings. The fraction of sp³-hybridized carbons (Fsp3) is 0.0909. The second kappa shape index (κ2) is 8.39. The van der Waals surface area contributed by atoms with Crippen LogP contribution in [0.3, 0.4) is 0 Å². The number of carbonyl (C=O) groups excluding carboxylic acids is 1. The van der Waals surface area contributed by atoms with Crippen molar-refractivity contribution in [3.63, 3.8) is 0 Å². The standard InChI is InChI=1S/C22H18ClN3O3S2/c1-26(2)31(28,29)20-13-14(11-12-16(20)23)21(27)24-17-8-4-3-7-15(17)22-25-18-9-5-6-10-19(18)30-22/h3-13H,1-2H3,(H,24,27). The first-order valence-electron chi connectivity index (χ1n) is 9.26. The van der Waals surface area contributed by atoms with E-state index in [1.54, 1.807) is 6.07 Å². The number of carbonyl (C=O) groups is 1. The first-order chi connectivity index (χ1) is 14.8. The summed E-state index contributed by atoms with van der Waals surface area (Å²) in [7, 11) is -0.971. The fourth-order valence-corrected chi connectivity index (χ4v) is 5.40. The van der Waals surface area contributed by atoms with Crippen LogP contribution in [0.15, 0.2) is 71.6 Å². The Balaban J connectivity index is 1.69. The van der Waals surface area contributed by atoms with E-state index in [1.807, 2.05) is 42.5 Å². The summed E-state index contributed by atoms with van der Waals surface area (Å²) in [5, 5.41) is 3.71. The Morgan fingerprint density at radius 1 is 1.03 bits per heavy atom. The van der Waals surface area contributed by atoms with Crippen LogP contribution in [0.1, 0.15) is 10.4 Å². The number of rotatable bonds is 5. The predicted molar refractivity (Wildman–Crippen MR) is 125 cm³/mol. The van der Waals surface area contributed by atoms with Crippen molar-refractivity contribution in [2.45, 2.75) is 4.90 Å². The van der Waals surface area contributed by atoms with Crippen molar-refractivity contribution < 1.29 is 13.2 Å². The lowest BCUT2D eigenvalue weighted by Crippen LogP contribution is -2.23. The van der Waals surface area contributed by atoms with Gasteiger partial charge in [0.1, 0.15) is 9.90 Å². The Morgan fingerprint density at radius 2 is 1.74 bits per heavy atom. The summed E-state index contributed by atoms with van der Waals surface area (Å²) in [6.45, 7) is 0. The summed E-state index contributed by atoms with van der Waals surface area (Å²) in [4.78, 5) is 17.5. The molecule has 1 aromatic heterocycles. The molecule has 158 valence electrons. The number of hydrogen-bond acceptors (Lipinski definition) is 5. The maximum Gasteiger partial charge on any atom is 0.255 e. The average Bonchev–Trinajstić information content (AvgIpc) is 3.18. The molecule has 0 aliphatic rings. The number of nitrogens with one attached hydrogen (secondary N) is 1. The molecule has 0 saturated carbocycles. The van der Waals surface area contributed by atoms with Crippen LogP contribution in [0.25, 0.3) is 20.8 Å². The van der Waals surface area contributed by atoms with Crippen molar-refractivity contribution in [1.82, 2.24) is 9.29 Å². The number of nitrogens with zero attached hydrogens (tertiary/aromatic N) is 2. The van der Waals surface area contributed by atoms with Gasteiger partial charge in [-0.25, -0.2) is 17.7 Å². The van der Waals surface area contributed by atoms with E-state index in [4.69, 9.17) is 11.6 Å². The quantitative estimate of drug-likeness (QED) is 0.438. The van der Waals surface area contributed by atoms with E-state index in [0.29, 0.717) is 5.69 Å². The van der Waals surface area contributed by atoms with Crippen LogP contribution >= 0.6 is 22.9 Å². The predicted octanol–water partition coefficient (Wildman–Crippen LogP) is 5.12. The van der Waals surface area contributed by atoms with Crippen molar-refractivity contribution in [3.8, 4) is 10.6 Å². The molecule has 0 aliphatic heterocycles. The normalized spacial score (nSPS) is 11.7. The molecule has 1 N–H and O–H groups in total. The Hall–Kier alpha value is -2.78. The lowest BCUT2D eigenvalue weighted by atomic mass is 10.1. The maximum absolute atomic E-state index is 13.0. The second-order valence-electron chi connectivity index (χ2n) is 6.92. The molecule has 0 saturated heterocycles. The molecule has 31 heavy (non-hydrogen) atoms. The number of amides is 1. The summed E-state index contributed by atoms with van der Waals surface area (Å²) in [6.07, 6.45) is 0. The van der Waals surface area contributed by atoms with E-state index in [2.05, 4.69) is 10.3 Å². The zero-order chi connectivity index (χ0) is 22.2. The lowest BCUT2D eigenvalue weighted by molar-refractivity contribution is 0.102. The van der Waals surface area contributed by atoms with Crippen molar-refractivity contribution in [2.75, 3.05) is 19.4 Å². The van der Waals surface area contributed by atoms with Gasteiger partial charge in [0.25, 0.3) is 5.91 Å². The van der Waals surface area contributed by atoms with Gasteiger partial charge in [-0.3, -0.25) is 4.79 Å². The molecule has 0 aliphatic carbocycles. The molecule has 1 heterocycles. The van der Waals surface area contributed by atoms with E-state index < -0.39 is 15.9 Å². The van der Waals surface area contributed by atoms with Crippen LogP contribution in [-0.4, -0.2) is 37.7 Å². The lowest BCUT2D eigenvalue weighted by Gasteiger charge is -2.14. The summed E-state index contributed by atoms with van der Waals surface area (Å²) in [5.74, 6) is -0.444. The van der Waals surface area contributed by atoms with Crippen LogP contribution in [-0.2, 0) is 10.0 Å². The second-order valence-corrected chi connectivity index (χ2v) is 10.5. The highest BCUT2D eigenvalue weighted by Gasteiger charge is 2.23. The van der Waals surface area contributed by atoms with E-state index >= 15 is 0 Å². The van der Waals surface area contributed by atoms with E-state index in [9.17, 15) is 13.2 Å². The topological polar surface area (TPSA) is 79.4 Å². The van der Waals surface area contributed by atoms with Gasteiger partial charge in [0.05, 0.1) is 20.9 Å². The van der Waals surface area contributed by atoms with Gasteiger partial charge in [-0.2, -0.15) is 0 Å². The minimum absolute atomic E-state index is 0.0557. The van der Waals surface area contributed by atoms with Crippen LogP contribution in [0, 0.1) is 0 Å². The number of aromatic nitrogens is 1. The Kier molecular flexibility index (Phi) is 5.81. The van der Waals surface area contributed by atoms with E-state index in [1.165, 1.54) is 43.6 Å². The molecule has 1 amide bonds. The van der Waals surface area contributed by atoms with Gasteiger partial charge in [-0.15, -0.1) is 11.3 Å².